The number of methoxy groups -OCH3 is 2. The molecule has 0 spiro atoms. The SMILES string of the molecule is COCCCOc1cc(C[C@@H](C[C@H](NC(=O)OCc2ccccc2)[C@@H](O)C[C@H](C(=O)N=c2ccn(O)cc2)C(C)C)C(C)C)ccc1OC. The van der Waals surface area contributed by atoms with Gasteiger partial charge < -0.3 is 34.6 Å². The van der Waals surface area contributed by atoms with E-state index in [2.05, 4.69) is 24.2 Å². The fourth-order valence-corrected chi connectivity index (χ4v) is 5.57. The van der Waals surface area contributed by atoms with E-state index in [-0.39, 0.29) is 36.7 Å². The molecule has 0 fully saturated rings. The minimum Gasteiger partial charge on any atom is -0.493 e. The van der Waals surface area contributed by atoms with Crippen molar-refractivity contribution in [2.24, 2.45) is 28.7 Å². The van der Waals surface area contributed by atoms with Gasteiger partial charge in [-0.2, -0.15) is 0 Å². The standard InChI is InChI=1S/C38H53N3O8/c1-26(2)30(21-29-13-14-35(47-6)36(22-29)48-20-10-19-46-5)23-33(40-38(44)49-25-28-11-8-7-9-12-28)34(42)24-32(27(3)4)37(43)39-31-15-17-41(45)18-16-31/h7-9,11-18,22,26-27,30,32-34,42,45H,10,19-21,23-25H2,1-6H3,(H,40,44)/t30-,32-,33-,34-/m0/s1. The fraction of sp³-hybridized carbons (Fsp3) is 0.500. The van der Waals surface area contributed by atoms with Crippen molar-refractivity contribution in [1.29, 1.82) is 0 Å². The van der Waals surface area contributed by atoms with Crippen LogP contribution in [0.2, 0.25) is 0 Å². The Hall–Kier alpha value is -4.35. The molecule has 3 rings (SSSR count). The Kier molecular flexibility index (Phi) is 16.1. The summed E-state index contributed by atoms with van der Waals surface area (Å²) in [5.41, 5.74) is 1.87. The number of amides is 2. The molecule has 0 unspecified atom stereocenters. The van der Waals surface area contributed by atoms with Crippen LogP contribution in [-0.4, -0.2) is 66.6 Å². The number of aliphatic hydroxyl groups is 1. The third-order valence-corrected chi connectivity index (χ3v) is 8.61. The summed E-state index contributed by atoms with van der Waals surface area (Å²) in [5.74, 6) is 0.382. The van der Waals surface area contributed by atoms with E-state index in [4.69, 9.17) is 18.9 Å². The van der Waals surface area contributed by atoms with Crippen molar-refractivity contribution in [2.45, 2.75) is 72.1 Å². The Balaban J connectivity index is 1.83. The summed E-state index contributed by atoms with van der Waals surface area (Å²) in [6, 6.07) is 17.6. The Morgan fingerprint density at radius 1 is 0.878 bits per heavy atom. The van der Waals surface area contributed by atoms with Crippen molar-refractivity contribution in [1.82, 2.24) is 10.0 Å². The highest BCUT2D eigenvalue weighted by molar-refractivity contribution is 5.80. The molecule has 0 saturated heterocycles. The summed E-state index contributed by atoms with van der Waals surface area (Å²) < 4.78 is 23.1. The highest BCUT2D eigenvalue weighted by Gasteiger charge is 2.32. The normalized spacial score (nSPS) is 13.7. The zero-order valence-electron chi connectivity index (χ0n) is 29.6. The molecule has 49 heavy (non-hydrogen) atoms. The monoisotopic (exact) mass is 679 g/mol. The predicted octanol–water partition coefficient (Wildman–Crippen LogP) is 5.80. The highest BCUT2D eigenvalue weighted by atomic mass is 16.5. The molecule has 0 bridgehead atoms. The van der Waals surface area contributed by atoms with E-state index >= 15 is 0 Å². The number of aliphatic hydroxyl groups excluding tert-OH is 1. The number of nitrogens with zero attached hydrogens (tertiary/aromatic N) is 2. The number of ether oxygens (including phenoxy) is 4. The second kappa shape index (κ2) is 20.2. The van der Waals surface area contributed by atoms with Crippen molar-refractivity contribution in [2.75, 3.05) is 27.4 Å². The zero-order chi connectivity index (χ0) is 35.8. The van der Waals surface area contributed by atoms with E-state index in [1.807, 2.05) is 62.4 Å². The quantitative estimate of drug-likeness (QED) is 0.107. The minimum atomic E-state index is -1.07. The largest absolute Gasteiger partial charge is 0.493 e. The summed E-state index contributed by atoms with van der Waals surface area (Å²) in [6.07, 6.45) is 2.97. The first kappa shape index (κ1) is 39.1. The summed E-state index contributed by atoms with van der Waals surface area (Å²) in [7, 11) is 3.26. The van der Waals surface area contributed by atoms with E-state index in [0.717, 1.165) is 22.3 Å². The first-order valence-corrected chi connectivity index (χ1v) is 16.9. The maximum absolute atomic E-state index is 13.4. The van der Waals surface area contributed by atoms with Crippen molar-refractivity contribution in [3.63, 3.8) is 0 Å². The van der Waals surface area contributed by atoms with Crippen LogP contribution in [0.1, 0.15) is 58.1 Å². The van der Waals surface area contributed by atoms with Crippen LogP contribution >= 0.6 is 0 Å². The fourth-order valence-electron chi connectivity index (χ4n) is 5.57. The smallest absolute Gasteiger partial charge is 0.407 e. The van der Waals surface area contributed by atoms with Crippen LogP contribution in [0.5, 0.6) is 11.5 Å². The maximum atomic E-state index is 13.4. The van der Waals surface area contributed by atoms with Crippen LogP contribution in [0.25, 0.3) is 0 Å². The number of alkyl carbamates (subject to hydrolysis) is 1. The van der Waals surface area contributed by atoms with Gasteiger partial charge in [0.1, 0.15) is 6.61 Å². The number of benzene rings is 2. The van der Waals surface area contributed by atoms with Crippen molar-refractivity contribution >= 4 is 12.0 Å². The minimum absolute atomic E-state index is 0.0381. The topological polar surface area (TPSA) is 141 Å². The van der Waals surface area contributed by atoms with Crippen LogP contribution < -0.4 is 20.1 Å². The molecular weight excluding hydrogens is 626 g/mol. The average Bonchev–Trinajstić information content (AvgIpc) is 3.08. The van der Waals surface area contributed by atoms with Crippen LogP contribution in [0.4, 0.5) is 4.79 Å². The summed E-state index contributed by atoms with van der Waals surface area (Å²) in [6.45, 7) is 9.20. The van der Waals surface area contributed by atoms with E-state index in [0.29, 0.717) is 42.9 Å². The Morgan fingerprint density at radius 2 is 1.59 bits per heavy atom. The van der Waals surface area contributed by atoms with Crippen LogP contribution in [0, 0.1) is 23.7 Å². The third kappa shape index (κ3) is 13.2. The number of carbonyl (C=O) groups excluding carboxylic acids is 2. The summed E-state index contributed by atoms with van der Waals surface area (Å²) in [5, 5.41) is 24.6. The lowest BCUT2D eigenvalue weighted by Gasteiger charge is -2.32. The van der Waals surface area contributed by atoms with Crippen molar-refractivity contribution < 1.29 is 38.9 Å². The molecule has 11 nitrogen and oxygen atoms in total. The van der Waals surface area contributed by atoms with Crippen LogP contribution in [0.3, 0.4) is 0 Å². The van der Waals surface area contributed by atoms with Crippen LogP contribution in [0.15, 0.2) is 78.0 Å². The summed E-state index contributed by atoms with van der Waals surface area (Å²) >= 11 is 0. The molecule has 1 aromatic heterocycles. The Bertz CT molecular complexity index is 1490. The number of carbonyl (C=O) groups is 2. The molecule has 2 aromatic carbocycles. The lowest BCUT2D eigenvalue weighted by atomic mass is 9.80. The average molecular weight is 680 g/mol. The molecule has 3 N–H and O–H groups in total. The molecule has 0 aliphatic heterocycles. The maximum Gasteiger partial charge on any atom is 0.407 e. The number of pyridine rings is 1. The second-order valence-corrected chi connectivity index (χ2v) is 13.0. The van der Waals surface area contributed by atoms with Gasteiger partial charge in [-0.3, -0.25) is 4.79 Å². The molecule has 268 valence electrons. The molecule has 2 amide bonds. The molecule has 1 heterocycles. The second-order valence-electron chi connectivity index (χ2n) is 13.0. The first-order valence-electron chi connectivity index (χ1n) is 16.9. The Morgan fingerprint density at radius 3 is 2.22 bits per heavy atom. The van der Waals surface area contributed by atoms with Gasteiger partial charge in [-0.25, -0.2) is 14.5 Å². The van der Waals surface area contributed by atoms with Gasteiger partial charge in [0, 0.05) is 38.4 Å². The van der Waals surface area contributed by atoms with Gasteiger partial charge in [0.15, 0.2) is 11.5 Å². The van der Waals surface area contributed by atoms with Crippen LogP contribution in [-0.2, 0) is 27.3 Å². The number of nitrogens with one attached hydrogen (secondary N) is 1. The molecule has 3 aromatic rings. The molecular formula is C38H53N3O8. The highest BCUT2D eigenvalue weighted by Crippen LogP contribution is 2.32. The van der Waals surface area contributed by atoms with Crippen molar-refractivity contribution in [3.8, 4) is 11.5 Å². The van der Waals surface area contributed by atoms with Gasteiger partial charge in [-0.15, -0.1) is 0 Å². The molecule has 0 aliphatic carbocycles. The van der Waals surface area contributed by atoms with E-state index in [1.165, 1.54) is 24.5 Å². The van der Waals surface area contributed by atoms with Gasteiger partial charge in [0.25, 0.3) is 0 Å². The van der Waals surface area contributed by atoms with E-state index in [9.17, 15) is 19.9 Å². The van der Waals surface area contributed by atoms with E-state index in [1.54, 1.807) is 14.2 Å². The lowest BCUT2D eigenvalue weighted by molar-refractivity contribution is -0.124. The number of rotatable bonds is 19. The van der Waals surface area contributed by atoms with Gasteiger partial charge in [0.05, 0.1) is 31.2 Å². The van der Waals surface area contributed by atoms with Gasteiger partial charge in [-0.1, -0.05) is 64.1 Å². The molecule has 4 atom stereocenters. The first-order chi connectivity index (χ1) is 23.5. The predicted molar refractivity (Wildman–Crippen MR) is 186 cm³/mol. The number of aromatic nitrogens is 1. The molecule has 0 saturated carbocycles. The number of hydrogen-bond acceptors (Lipinski definition) is 8. The third-order valence-electron chi connectivity index (χ3n) is 8.61. The summed E-state index contributed by atoms with van der Waals surface area (Å²) in [4.78, 5) is 30.7. The molecule has 0 radical (unpaired) electrons. The van der Waals surface area contributed by atoms with Gasteiger partial charge in [-0.05, 0) is 72.4 Å². The van der Waals surface area contributed by atoms with Gasteiger partial charge in [0.2, 0.25) is 5.91 Å². The van der Waals surface area contributed by atoms with Crippen molar-refractivity contribution in [3.05, 3.63) is 89.5 Å². The molecule has 11 heteroatoms. The zero-order valence-corrected chi connectivity index (χ0v) is 29.6. The molecule has 0 aliphatic rings. The lowest BCUT2D eigenvalue weighted by Crippen LogP contribution is -2.47. The number of hydrogen-bond donors (Lipinski definition) is 3. The van der Waals surface area contributed by atoms with E-state index < -0.39 is 24.2 Å². The Labute approximate surface area is 289 Å². The van der Waals surface area contributed by atoms with Gasteiger partial charge >= 0.3 is 6.09 Å².